The van der Waals surface area contributed by atoms with Gasteiger partial charge >= 0.3 is 11.5 Å². The molecule has 0 unspecified atom stereocenters. The molecule has 0 spiro atoms. The Bertz CT molecular complexity index is 997. The number of halogens is 1. The van der Waals surface area contributed by atoms with Gasteiger partial charge in [-0.25, -0.2) is 10.0 Å². The van der Waals surface area contributed by atoms with E-state index in [-0.39, 0.29) is 22.5 Å². The molecule has 0 atom stereocenters. The van der Waals surface area contributed by atoms with Crippen LogP contribution >= 0.6 is 11.6 Å². The number of hydrogen-bond acceptors (Lipinski definition) is 4. The van der Waals surface area contributed by atoms with Gasteiger partial charge in [-0.3, -0.25) is 0 Å². The Hall–Kier alpha value is -3.04. The number of aromatic nitrogens is 2. The summed E-state index contributed by atoms with van der Waals surface area (Å²) in [5, 5.41) is 37.8. The molecule has 0 bridgehead atoms. The van der Waals surface area contributed by atoms with Crippen LogP contribution in [0.5, 0.6) is 0 Å². The zero-order chi connectivity index (χ0) is 18.7. The second-order valence-electron chi connectivity index (χ2n) is 5.96. The van der Waals surface area contributed by atoms with Crippen LogP contribution in [0.1, 0.15) is 31.0 Å². The molecule has 0 saturated carbocycles. The highest BCUT2D eigenvalue weighted by molar-refractivity contribution is 6.31. The molecule has 132 valence electrons. The maximum Gasteiger partial charge on any atom is 0.385 e. The van der Waals surface area contributed by atoms with Gasteiger partial charge in [0.2, 0.25) is 5.52 Å². The average Bonchev–Trinajstić information content (AvgIpc) is 2.65. The number of benzene rings is 2. The predicted molar refractivity (Wildman–Crippen MR) is 99.9 cm³/mol. The second-order valence-corrected chi connectivity index (χ2v) is 6.39. The molecule has 26 heavy (non-hydrogen) atoms. The van der Waals surface area contributed by atoms with Crippen LogP contribution in [0.3, 0.4) is 0 Å². The van der Waals surface area contributed by atoms with Gasteiger partial charge in [0, 0.05) is 11.1 Å². The van der Waals surface area contributed by atoms with Crippen LogP contribution in [0.25, 0.3) is 11.0 Å². The molecular formula is C19H17ClN4O2. The van der Waals surface area contributed by atoms with Crippen LogP contribution < -0.4 is 14.8 Å². The lowest BCUT2D eigenvalue weighted by Crippen LogP contribution is -2.43. The van der Waals surface area contributed by atoms with E-state index in [0.29, 0.717) is 20.2 Å². The van der Waals surface area contributed by atoms with Gasteiger partial charge in [-0.1, -0.05) is 37.1 Å². The van der Waals surface area contributed by atoms with E-state index in [2.05, 4.69) is 12.2 Å². The molecule has 7 heteroatoms. The molecule has 1 aromatic heterocycles. The highest BCUT2D eigenvalue weighted by Crippen LogP contribution is 2.21. The Kier molecular flexibility index (Phi) is 5.10. The standard InChI is InChI=1S/C19H17ClN4O2/c1-2-3-4-13-5-8-15(9-6-13)22-19-18(12-21)23(25)17-11-14(20)7-10-16(17)24(19)26/h5-11,22H,2-4H2,1H3. The molecule has 1 N–H and O–H groups in total. The van der Waals surface area contributed by atoms with Crippen molar-refractivity contribution in [2.24, 2.45) is 0 Å². The number of hydrogen-bond donors (Lipinski definition) is 1. The Morgan fingerprint density at radius 3 is 2.46 bits per heavy atom. The van der Waals surface area contributed by atoms with Crippen molar-refractivity contribution in [2.75, 3.05) is 5.32 Å². The lowest BCUT2D eigenvalue weighted by Gasteiger charge is -2.13. The Balaban J connectivity index is 2.03. The Morgan fingerprint density at radius 2 is 1.81 bits per heavy atom. The van der Waals surface area contributed by atoms with Crippen LogP contribution in [0.2, 0.25) is 5.02 Å². The van der Waals surface area contributed by atoms with E-state index >= 15 is 0 Å². The number of aryl methyl sites for hydroxylation is 1. The smallest absolute Gasteiger partial charge is 0.385 e. The summed E-state index contributed by atoms with van der Waals surface area (Å²) >= 11 is 5.90. The summed E-state index contributed by atoms with van der Waals surface area (Å²) < 4.78 is 0.969. The molecule has 0 fully saturated rings. The summed E-state index contributed by atoms with van der Waals surface area (Å²) in [5.74, 6) is -0.112. The molecule has 6 nitrogen and oxygen atoms in total. The first-order chi connectivity index (χ1) is 12.5. The monoisotopic (exact) mass is 368 g/mol. The van der Waals surface area contributed by atoms with Crippen LogP contribution in [0.4, 0.5) is 11.5 Å². The topological polar surface area (TPSA) is 89.7 Å². The van der Waals surface area contributed by atoms with E-state index in [9.17, 15) is 15.7 Å². The maximum atomic E-state index is 12.7. The van der Waals surface area contributed by atoms with Gasteiger partial charge in [0.25, 0.3) is 5.52 Å². The predicted octanol–water partition coefficient (Wildman–Crippen LogP) is 3.72. The lowest BCUT2D eigenvalue weighted by atomic mass is 10.1. The summed E-state index contributed by atoms with van der Waals surface area (Å²) in [6.07, 6.45) is 3.21. The molecule has 0 aliphatic heterocycles. The van der Waals surface area contributed by atoms with Crippen LogP contribution in [0.15, 0.2) is 42.5 Å². The van der Waals surface area contributed by atoms with Crippen LogP contribution in [-0.4, -0.2) is 0 Å². The van der Waals surface area contributed by atoms with Gasteiger partial charge in [-0.15, -0.1) is 4.73 Å². The molecule has 0 aliphatic carbocycles. The van der Waals surface area contributed by atoms with Crippen molar-refractivity contribution in [1.82, 2.24) is 0 Å². The normalized spacial score (nSPS) is 10.7. The van der Waals surface area contributed by atoms with Crippen molar-refractivity contribution >= 4 is 34.1 Å². The molecule has 0 aliphatic rings. The van der Waals surface area contributed by atoms with E-state index in [1.54, 1.807) is 6.07 Å². The summed E-state index contributed by atoms with van der Waals surface area (Å²) in [6.45, 7) is 2.14. The first-order valence-corrected chi connectivity index (χ1v) is 8.67. The largest absolute Gasteiger partial charge is 0.710 e. The Labute approximate surface area is 156 Å². The minimum absolute atomic E-state index is 0.0458. The fourth-order valence-electron chi connectivity index (χ4n) is 2.74. The number of fused-ring (bicyclic) bond motifs is 1. The highest BCUT2D eigenvalue weighted by atomic mass is 35.5. The van der Waals surface area contributed by atoms with Gasteiger partial charge in [-0.05, 0) is 42.7 Å². The first-order valence-electron chi connectivity index (χ1n) is 8.29. The quantitative estimate of drug-likeness (QED) is 0.549. The van der Waals surface area contributed by atoms with Crippen molar-refractivity contribution < 1.29 is 9.46 Å². The van der Waals surface area contributed by atoms with E-state index in [4.69, 9.17) is 11.6 Å². The molecule has 3 rings (SSSR count). The molecule has 3 aromatic rings. The fraction of sp³-hybridized carbons (Fsp3) is 0.211. The number of nitrogens with one attached hydrogen (secondary N) is 1. The van der Waals surface area contributed by atoms with E-state index in [1.165, 1.54) is 23.8 Å². The molecule has 0 radical (unpaired) electrons. The highest BCUT2D eigenvalue weighted by Gasteiger charge is 2.27. The van der Waals surface area contributed by atoms with Gasteiger partial charge < -0.3 is 10.4 Å². The first kappa shape index (κ1) is 17.8. The third kappa shape index (κ3) is 3.35. The van der Waals surface area contributed by atoms with Crippen molar-refractivity contribution in [3.63, 3.8) is 0 Å². The zero-order valence-electron chi connectivity index (χ0n) is 14.2. The van der Waals surface area contributed by atoms with Gasteiger partial charge in [0.1, 0.15) is 5.69 Å². The minimum atomic E-state index is -0.315. The molecule has 0 amide bonds. The fourth-order valence-corrected chi connectivity index (χ4v) is 2.91. The van der Waals surface area contributed by atoms with Crippen LogP contribution in [-0.2, 0) is 6.42 Å². The third-order valence-electron chi connectivity index (χ3n) is 4.15. The maximum absolute atomic E-state index is 12.7. The van der Waals surface area contributed by atoms with Gasteiger partial charge in [0.15, 0.2) is 6.07 Å². The summed E-state index contributed by atoms with van der Waals surface area (Å²) in [6, 6.07) is 13.7. The number of rotatable bonds is 5. The number of nitriles is 1. The second kappa shape index (κ2) is 7.46. The lowest BCUT2D eigenvalue weighted by molar-refractivity contribution is -0.620. The third-order valence-corrected chi connectivity index (χ3v) is 4.38. The summed E-state index contributed by atoms with van der Waals surface area (Å²) in [4.78, 5) is 0. The number of unbranched alkanes of at least 4 members (excludes halogenated alkanes) is 1. The molecule has 2 aromatic carbocycles. The van der Waals surface area contributed by atoms with Gasteiger partial charge in [0.05, 0.1) is 0 Å². The van der Waals surface area contributed by atoms with Crippen LogP contribution in [0, 0.1) is 21.7 Å². The molecule has 0 saturated heterocycles. The van der Waals surface area contributed by atoms with Crippen molar-refractivity contribution in [3.8, 4) is 6.07 Å². The van der Waals surface area contributed by atoms with Crippen molar-refractivity contribution in [1.29, 1.82) is 5.26 Å². The number of anilines is 2. The SMILES string of the molecule is CCCCc1ccc(Nc2c(C#N)[n+]([O-])c3cc(Cl)ccc3[n+]2[O-])cc1. The van der Waals surface area contributed by atoms with Crippen molar-refractivity contribution in [3.05, 3.63) is 69.2 Å². The van der Waals surface area contributed by atoms with Gasteiger partial charge in [-0.2, -0.15) is 5.26 Å². The number of nitrogens with zero attached hydrogens (tertiary/aromatic N) is 3. The van der Waals surface area contributed by atoms with E-state index < -0.39 is 0 Å². The average molecular weight is 369 g/mol. The van der Waals surface area contributed by atoms with E-state index in [0.717, 1.165) is 19.3 Å². The van der Waals surface area contributed by atoms with Crippen molar-refractivity contribution in [2.45, 2.75) is 26.2 Å². The summed E-state index contributed by atoms with van der Waals surface area (Å²) in [5.41, 5.74) is 1.68. The zero-order valence-corrected chi connectivity index (χ0v) is 15.0. The summed E-state index contributed by atoms with van der Waals surface area (Å²) in [7, 11) is 0. The molecule has 1 heterocycles. The minimum Gasteiger partial charge on any atom is -0.710 e. The van der Waals surface area contributed by atoms with E-state index in [1.807, 2.05) is 24.3 Å². The Morgan fingerprint density at radius 1 is 1.08 bits per heavy atom. The molecular weight excluding hydrogens is 352 g/mol.